The van der Waals surface area contributed by atoms with Crippen molar-refractivity contribution in [1.82, 2.24) is 14.8 Å². The first kappa shape index (κ1) is 21.1. The van der Waals surface area contributed by atoms with Gasteiger partial charge in [-0.15, -0.1) is 11.3 Å². The van der Waals surface area contributed by atoms with E-state index in [1.165, 1.54) is 24.9 Å². The zero-order valence-corrected chi connectivity index (χ0v) is 19.0. The highest BCUT2D eigenvalue weighted by atomic mass is 32.1. The molecule has 1 aromatic carbocycles. The van der Waals surface area contributed by atoms with Crippen LogP contribution in [0.25, 0.3) is 23.0 Å². The van der Waals surface area contributed by atoms with Gasteiger partial charge in [0.2, 0.25) is 5.13 Å². The predicted molar refractivity (Wildman–Crippen MR) is 134 cm³/mol. The standard InChI is InChI=1S/C25H29N5S/c1-4-12-19-17-30(28-20(19)5-2)25-27-23(18-31-25)21(6-3)26-22-13-8-9-14-24(22)29-15-10-7-11-16-29/h4-6,8-9,12-14,17-18,26H,2,7,10-11,15-16H2,1,3H3/b12-4-,21-6-. The molecule has 1 aliphatic heterocycles. The molecule has 0 aliphatic carbocycles. The van der Waals surface area contributed by atoms with Crippen LogP contribution in [0.2, 0.25) is 0 Å². The third kappa shape index (κ3) is 4.64. The Bertz CT molecular complexity index is 1100. The molecule has 2 aromatic heterocycles. The number of hydrogen-bond acceptors (Lipinski definition) is 5. The van der Waals surface area contributed by atoms with Crippen LogP contribution < -0.4 is 10.2 Å². The second kappa shape index (κ2) is 9.79. The molecule has 0 amide bonds. The summed E-state index contributed by atoms with van der Waals surface area (Å²) in [5.41, 5.74) is 6.19. The molecular formula is C25H29N5S. The SMILES string of the molecule is C=Cc1nn(-c2nc(/C(=C/C)Nc3ccccc3N3CCCCC3)cs2)cc1/C=C\C. The van der Waals surface area contributed by atoms with Gasteiger partial charge in [0, 0.05) is 30.2 Å². The molecule has 3 aromatic rings. The maximum atomic E-state index is 4.86. The lowest BCUT2D eigenvalue weighted by Crippen LogP contribution is -2.30. The van der Waals surface area contributed by atoms with E-state index < -0.39 is 0 Å². The second-order valence-corrected chi connectivity index (χ2v) is 8.36. The number of para-hydroxylation sites is 2. The van der Waals surface area contributed by atoms with Crippen molar-refractivity contribution in [2.45, 2.75) is 33.1 Å². The monoisotopic (exact) mass is 431 g/mol. The lowest BCUT2D eigenvalue weighted by Gasteiger charge is -2.30. The van der Waals surface area contributed by atoms with Crippen LogP contribution in [0.3, 0.4) is 0 Å². The maximum Gasteiger partial charge on any atom is 0.210 e. The van der Waals surface area contributed by atoms with E-state index in [0.717, 1.165) is 46.6 Å². The Labute approximate surface area is 188 Å². The average Bonchev–Trinajstić information content (AvgIpc) is 3.46. The molecule has 6 heteroatoms. The van der Waals surface area contributed by atoms with E-state index in [1.807, 2.05) is 36.9 Å². The largest absolute Gasteiger partial charge is 0.370 e. The van der Waals surface area contributed by atoms with Gasteiger partial charge in [-0.1, -0.05) is 36.9 Å². The third-order valence-electron chi connectivity index (χ3n) is 5.43. The molecule has 160 valence electrons. The highest BCUT2D eigenvalue weighted by Crippen LogP contribution is 2.31. The lowest BCUT2D eigenvalue weighted by atomic mass is 10.1. The number of benzene rings is 1. The Balaban J connectivity index is 1.58. The molecule has 0 spiro atoms. The number of rotatable bonds is 7. The number of allylic oxidation sites excluding steroid dienone is 2. The molecule has 1 N–H and O–H groups in total. The Morgan fingerprint density at radius 3 is 2.71 bits per heavy atom. The smallest absolute Gasteiger partial charge is 0.210 e. The summed E-state index contributed by atoms with van der Waals surface area (Å²) in [5.74, 6) is 0. The minimum absolute atomic E-state index is 0.833. The van der Waals surface area contributed by atoms with Crippen LogP contribution in [-0.4, -0.2) is 27.9 Å². The molecule has 1 aliphatic rings. The minimum atomic E-state index is 0.833. The van der Waals surface area contributed by atoms with Crippen molar-refractivity contribution in [3.63, 3.8) is 0 Å². The van der Waals surface area contributed by atoms with Crippen LogP contribution in [0.5, 0.6) is 0 Å². The minimum Gasteiger partial charge on any atom is -0.370 e. The number of piperidine rings is 1. The van der Waals surface area contributed by atoms with Crippen molar-refractivity contribution in [2.24, 2.45) is 0 Å². The van der Waals surface area contributed by atoms with E-state index in [9.17, 15) is 0 Å². The molecular weight excluding hydrogens is 402 g/mol. The van der Waals surface area contributed by atoms with Crippen molar-refractivity contribution in [1.29, 1.82) is 0 Å². The van der Waals surface area contributed by atoms with Gasteiger partial charge in [0.15, 0.2) is 0 Å². The number of aromatic nitrogens is 3. The quantitative estimate of drug-likeness (QED) is 0.466. The summed E-state index contributed by atoms with van der Waals surface area (Å²) in [7, 11) is 0. The van der Waals surface area contributed by atoms with E-state index in [-0.39, 0.29) is 0 Å². The Hall–Kier alpha value is -3.12. The number of thiazole rings is 1. The fourth-order valence-corrected chi connectivity index (χ4v) is 4.63. The first-order valence-electron chi connectivity index (χ1n) is 10.8. The fourth-order valence-electron chi connectivity index (χ4n) is 3.88. The van der Waals surface area contributed by atoms with Crippen LogP contribution in [0.1, 0.15) is 50.1 Å². The Kier molecular flexibility index (Phi) is 6.67. The molecule has 0 radical (unpaired) electrons. The molecule has 5 nitrogen and oxygen atoms in total. The average molecular weight is 432 g/mol. The summed E-state index contributed by atoms with van der Waals surface area (Å²) in [6.45, 7) is 10.1. The lowest BCUT2D eigenvalue weighted by molar-refractivity contribution is 0.578. The van der Waals surface area contributed by atoms with Gasteiger partial charge in [-0.05, 0) is 51.3 Å². The summed E-state index contributed by atoms with van der Waals surface area (Å²) in [6, 6.07) is 8.55. The van der Waals surface area contributed by atoms with Gasteiger partial charge >= 0.3 is 0 Å². The molecule has 3 heterocycles. The molecule has 31 heavy (non-hydrogen) atoms. The van der Waals surface area contributed by atoms with Crippen LogP contribution in [-0.2, 0) is 0 Å². The van der Waals surface area contributed by atoms with Crippen molar-refractivity contribution < 1.29 is 0 Å². The normalized spacial score (nSPS) is 14.9. The zero-order chi connectivity index (χ0) is 21.6. The van der Waals surface area contributed by atoms with Gasteiger partial charge in [0.1, 0.15) is 0 Å². The summed E-state index contributed by atoms with van der Waals surface area (Å²) in [5, 5.41) is 11.2. The Morgan fingerprint density at radius 1 is 1.16 bits per heavy atom. The van der Waals surface area contributed by atoms with E-state index in [1.54, 1.807) is 17.4 Å². The highest BCUT2D eigenvalue weighted by Gasteiger charge is 2.16. The number of nitrogens with zero attached hydrogens (tertiary/aromatic N) is 4. The van der Waals surface area contributed by atoms with E-state index in [4.69, 9.17) is 4.98 Å². The summed E-state index contributed by atoms with van der Waals surface area (Å²) in [4.78, 5) is 7.34. The van der Waals surface area contributed by atoms with Crippen molar-refractivity contribution in [2.75, 3.05) is 23.3 Å². The third-order valence-corrected chi connectivity index (χ3v) is 6.27. The molecule has 0 bridgehead atoms. The predicted octanol–water partition coefficient (Wildman–Crippen LogP) is 6.47. The fraction of sp³-hybridized carbons (Fsp3) is 0.280. The number of nitrogens with one attached hydrogen (secondary N) is 1. The van der Waals surface area contributed by atoms with Gasteiger partial charge in [-0.25, -0.2) is 9.67 Å². The second-order valence-electron chi connectivity index (χ2n) is 7.53. The summed E-state index contributed by atoms with van der Waals surface area (Å²) in [6.07, 6.45) is 13.7. The Morgan fingerprint density at radius 2 is 1.97 bits per heavy atom. The first-order valence-corrected chi connectivity index (χ1v) is 11.7. The molecule has 1 saturated heterocycles. The van der Waals surface area contributed by atoms with Crippen molar-refractivity contribution in [3.8, 4) is 5.13 Å². The summed E-state index contributed by atoms with van der Waals surface area (Å²) < 4.78 is 1.83. The van der Waals surface area contributed by atoms with Crippen molar-refractivity contribution in [3.05, 3.63) is 71.5 Å². The van der Waals surface area contributed by atoms with Gasteiger partial charge < -0.3 is 10.2 Å². The molecule has 1 fully saturated rings. The number of anilines is 2. The van der Waals surface area contributed by atoms with Gasteiger partial charge in [-0.2, -0.15) is 5.10 Å². The van der Waals surface area contributed by atoms with Gasteiger partial charge in [0.05, 0.1) is 28.5 Å². The van der Waals surface area contributed by atoms with E-state index >= 15 is 0 Å². The van der Waals surface area contributed by atoms with Crippen LogP contribution in [0.15, 0.2) is 54.6 Å². The summed E-state index contributed by atoms with van der Waals surface area (Å²) >= 11 is 1.58. The molecule has 0 saturated carbocycles. The zero-order valence-electron chi connectivity index (χ0n) is 18.2. The van der Waals surface area contributed by atoms with Crippen LogP contribution in [0.4, 0.5) is 11.4 Å². The van der Waals surface area contributed by atoms with E-state index in [2.05, 4.69) is 57.6 Å². The van der Waals surface area contributed by atoms with Crippen LogP contribution >= 0.6 is 11.3 Å². The number of hydrogen-bond donors (Lipinski definition) is 1. The molecule has 0 atom stereocenters. The first-order chi connectivity index (χ1) is 15.2. The maximum absolute atomic E-state index is 4.86. The van der Waals surface area contributed by atoms with Gasteiger partial charge in [0.25, 0.3) is 0 Å². The molecule has 4 rings (SSSR count). The topological polar surface area (TPSA) is 46.0 Å². The molecule has 0 unspecified atom stereocenters. The highest BCUT2D eigenvalue weighted by molar-refractivity contribution is 7.12. The van der Waals surface area contributed by atoms with Crippen molar-refractivity contribution >= 4 is 40.6 Å². The van der Waals surface area contributed by atoms with Crippen LogP contribution in [0, 0.1) is 0 Å². The van der Waals surface area contributed by atoms with Gasteiger partial charge in [-0.3, -0.25) is 0 Å². The van der Waals surface area contributed by atoms with E-state index in [0.29, 0.717) is 0 Å².